The van der Waals surface area contributed by atoms with Crippen LogP contribution < -0.4 is 0 Å². The molecule has 2 aromatic rings. The molecule has 4 nitrogen and oxygen atoms in total. The first-order valence-electron chi connectivity index (χ1n) is 9.98. The Balaban J connectivity index is 1.49. The van der Waals surface area contributed by atoms with Crippen LogP contribution in [0.4, 0.5) is 0 Å². The lowest BCUT2D eigenvalue weighted by atomic mass is 9.65. The van der Waals surface area contributed by atoms with Crippen molar-refractivity contribution < 1.29 is 10.2 Å². The number of hydrogen-bond acceptors (Lipinski definition) is 4. The zero-order chi connectivity index (χ0) is 19.0. The van der Waals surface area contributed by atoms with Crippen molar-refractivity contribution in [2.45, 2.75) is 38.3 Å². The monoisotopic (exact) mass is 366 g/mol. The summed E-state index contributed by atoms with van der Waals surface area (Å²) in [7, 11) is 0. The first kappa shape index (κ1) is 18.3. The number of phenols is 2. The van der Waals surface area contributed by atoms with Gasteiger partial charge in [0.1, 0.15) is 11.5 Å². The number of benzene rings is 2. The van der Waals surface area contributed by atoms with Crippen molar-refractivity contribution in [2.24, 2.45) is 5.92 Å². The minimum Gasteiger partial charge on any atom is -0.508 e. The van der Waals surface area contributed by atoms with Crippen molar-refractivity contribution in [1.82, 2.24) is 9.80 Å². The standard InChI is InChI=1S/C23H30N2O2/c1-17-14-25-11-10-24(15-18-6-8-21(26)9-7-18)16-20(25)13-23(17,2)19-4-3-5-22(27)12-19/h3-9,12,17,20,26-27H,10-11,13-16H2,1-2H3/t17-,20+,23+/m0/s1. The lowest BCUT2D eigenvalue weighted by Crippen LogP contribution is -2.60. The summed E-state index contributed by atoms with van der Waals surface area (Å²) in [6.45, 7) is 10.0. The summed E-state index contributed by atoms with van der Waals surface area (Å²) in [6, 6.07) is 16.0. The Kier molecular flexibility index (Phi) is 4.87. The van der Waals surface area contributed by atoms with Crippen molar-refractivity contribution in [3.8, 4) is 11.5 Å². The molecule has 2 N–H and O–H groups in total. The van der Waals surface area contributed by atoms with Crippen molar-refractivity contribution in [3.05, 3.63) is 59.7 Å². The maximum absolute atomic E-state index is 9.97. The molecule has 27 heavy (non-hydrogen) atoms. The molecule has 0 spiro atoms. The molecule has 4 rings (SSSR count). The van der Waals surface area contributed by atoms with Crippen LogP contribution in [0.25, 0.3) is 0 Å². The smallest absolute Gasteiger partial charge is 0.115 e. The molecule has 0 saturated carbocycles. The van der Waals surface area contributed by atoms with Crippen molar-refractivity contribution >= 4 is 0 Å². The highest BCUT2D eigenvalue weighted by Crippen LogP contribution is 2.43. The summed E-state index contributed by atoms with van der Waals surface area (Å²) in [5.74, 6) is 1.24. The van der Waals surface area contributed by atoms with Crippen LogP contribution in [0.1, 0.15) is 31.4 Å². The van der Waals surface area contributed by atoms with E-state index in [1.807, 2.05) is 24.3 Å². The van der Waals surface area contributed by atoms with Crippen LogP contribution in [0.2, 0.25) is 0 Å². The van der Waals surface area contributed by atoms with Crippen LogP contribution in [0.15, 0.2) is 48.5 Å². The fourth-order valence-corrected chi connectivity index (χ4v) is 4.90. The lowest BCUT2D eigenvalue weighted by Gasteiger charge is -2.53. The second-order valence-electron chi connectivity index (χ2n) is 8.62. The molecule has 0 aromatic heterocycles. The summed E-state index contributed by atoms with van der Waals surface area (Å²) in [6.07, 6.45) is 1.11. The van der Waals surface area contributed by atoms with Gasteiger partial charge in [0.2, 0.25) is 0 Å². The molecule has 0 amide bonds. The normalized spacial score (nSPS) is 29.4. The first-order valence-corrected chi connectivity index (χ1v) is 9.98. The van der Waals surface area contributed by atoms with Crippen LogP contribution >= 0.6 is 0 Å². The third-order valence-electron chi connectivity index (χ3n) is 6.79. The van der Waals surface area contributed by atoms with Gasteiger partial charge in [0.05, 0.1) is 0 Å². The number of aromatic hydroxyl groups is 2. The number of nitrogens with zero attached hydrogens (tertiary/aromatic N) is 2. The second kappa shape index (κ2) is 7.17. The van der Waals surface area contributed by atoms with E-state index in [0.717, 1.165) is 39.1 Å². The van der Waals surface area contributed by atoms with E-state index in [1.165, 1.54) is 11.1 Å². The Morgan fingerprint density at radius 3 is 2.52 bits per heavy atom. The third kappa shape index (κ3) is 3.69. The second-order valence-corrected chi connectivity index (χ2v) is 8.62. The largest absolute Gasteiger partial charge is 0.508 e. The van der Waals surface area contributed by atoms with E-state index in [-0.39, 0.29) is 5.41 Å². The van der Waals surface area contributed by atoms with Crippen molar-refractivity contribution in [3.63, 3.8) is 0 Å². The van der Waals surface area contributed by atoms with Gasteiger partial charge in [-0.05, 0) is 53.1 Å². The molecule has 2 aromatic carbocycles. The minimum absolute atomic E-state index is 0.0848. The molecule has 0 bridgehead atoms. The molecule has 0 unspecified atom stereocenters. The van der Waals surface area contributed by atoms with Crippen LogP contribution in [0.3, 0.4) is 0 Å². The van der Waals surface area contributed by atoms with E-state index >= 15 is 0 Å². The summed E-state index contributed by atoms with van der Waals surface area (Å²) < 4.78 is 0. The highest BCUT2D eigenvalue weighted by molar-refractivity contribution is 5.34. The maximum atomic E-state index is 9.97. The van der Waals surface area contributed by atoms with Gasteiger partial charge in [-0.1, -0.05) is 38.1 Å². The third-order valence-corrected chi connectivity index (χ3v) is 6.79. The van der Waals surface area contributed by atoms with E-state index in [2.05, 4.69) is 29.7 Å². The molecular weight excluding hydrogens is 336 g/mol. The molecule has 4 heteroatoms. The number of rotatable bonds is 3. The van der Waals surface area contributed by atoms with Crippen LogP contribution in [0, 0.1) is 5.92 Å². The minimum atomic E-state index is 0.0848. The van der Waals surface area contributed by atoms with Crippen LogP contribution in [-0.4, -0.2) is 52.2 Å². The Morgan fingerprint density at radius 2 is 1.78 bits per heavy atom. The zero-order valence-electron chi connectivity index (χ0n) is 16.3. The van der Waals surface area contributed by atoms with Gasteiger partial charge in [0.25, 0.3) is 0 Å². The average Bonchev–Trinajstić information content (AvgIpc) is 2.65. The maximum Gasteiger partial charge on any atom is 0.115 e. The van der Waals surface area contributed by atoms with Gasteiger partial charge in [-0.3, -0.25) is 9.80 Å². The summed E-state index contributed by atoms with van der Waals surface area (Å²) in [5.41, 5.74) is 2.59. The lowest BCUT2D eigenvalue weighted by molar-refractivity contribution is -0.00558. The van der Waals surface area contributed by atoms with Gasteiger partial charge in [-0.2, -0.15) is 0 Å². The van der Waals surface area contributed by atoms with E-state index in [1.54, 1.807) is 18.2 Å². The van der Waals surface area contributed by atoms with Gasteiger partial charge in [0, 0.05) is 38.8 Å². The van der Waals surface area contributed by atoms with Gasteiger partial charge in [-0.25, -0.2) is 0 Å². The van der Waals surface area contributed by atoms with Crippen molar-refractivity contribution in [2.75, 3.05) is 26.2 Å². The number of piperidine rings is 1. The molecular formula is C23H30N2O2. The molecule has 144 valence electrons. The molecule has 0 aliphatic carbocycles. The van der Waals surface area contributed by atoms with E-state index in [0.29, 0.717) is 23.5 Å². The van der Waals surface area contributed by atoms with E-state index in [9.17, 15) is 10.2 Å². The number of piperazine rings is 1. The summed E-state index contributed by atoms with van der Waals surface area (Å²) in [5, 5.41) is 19.5. The molecule has 2 fully saturated rings. The predicted octanol–water partition coefficient (Wildman–Crippen LogP) is 3.58. The van der Waals surface area contributed by atoms with E-state index < -0.39 is 0 Å². The highest BCUT2D eigenvalue weighted by atomic mass is 16.3. The van der Waals surface area contributed by atoms with Crippen molar-refractivity contribution in [1.29, 1.82) is 0 Å². The Labute approximate surface area is 162 Å². The topological polar surface area (TPSA) is 46.9 Å². The van der Waals surface area contributed by atoms with Gasteiger partial charge in [-0.15, -0.1) is 0 Å². The molecule has 2 saturated heterocycles. The first-order chi connectivity index (χ1) is 12.9. The van der Waals surface area contributed by atoms with Gasteiger partial charge >= 0.3 is 0 Å². The summed E-state index contributed by atoms with van der Waals surface area (Å²) >= 11 is 0. The molecule has 0 radical (unpaired) electrons. The average molecular weight is 367 g/mol. The van der Waals surface area contributed by atoms with Crippen LogP contribution in [0.5, 0.6) is 11.5 Å². The molecule has 2 aliphatic heterocycles. The Hall–Kier alpha value is -2.04. The SMILES string of the molecule is C[C@H]1CN2CCN(Cc3ccc(O)cc3)C[C@H]2C[C@@]1(C)c1cccc(O)c1. The Bertz CT molecular complexity index is 791. The fraction of sp³-hybridized carbons (Fsp3) is 0.478. The summed E-state index contributed by atoms with van der Waals surface area (Å²) in [4.78, 5) is 5.19. The van der Waals surface area contributed by atoms with Crippen LogP contribution in [-0.2, 0) is 12.0 Å². The molecule has 2 heterocycles. The fourth-order valence-electron chi connectivity index (χ4n) is 4.90. The predicted molar refractivity (Wildman–Crippen MR) is 108 cm³/mol. The molecule has 3 atom stereocenters. The Morgan fingerprint density at radius 1 is 1.00 bits per heavy atom. The van der Waals surface area contributed by atoms with E-state index in [4.69, 9.17) is 0 Å². The quantitative estimate of drug-likeness (QED) is 0.872. The molecule has 2 aliphatic rings. The number of hydrogen-bond donors (Lipinski definition) is 2. The highest BCUT2D eigenvalue weighted by Gasteiger charge is 2.44. The van der Waals surface area contributed by atoms with Gasteiger partial charge in [0.15, 0.2) is 0 Å². The van der Waals surface area contributed by atoms with Gasteiger partial charge < -0.3 is 10.2 Å². The number of phenolic OH excluding ortho intramolecular Hbond substituents is 2. The number of fused-ring (bicyclic) bond motifs is 1. The zero-order valence-corrected chi connectivity index (χ0v) is 16.3.